The molecule has 0 atom stereocenters. The number of aromatic nitrogens is 4. The second-order valence-corrected chi connectivity index (χ2v) is 6.72. The first kappa shape index (κ1) is 17.4. The van der Waals surface area contributed by atoms with Crippen LogP contribution in [0.5, 0.6) is 0 Å². The lowest BCUT2D eigenvalue weighted by molar-refractivity contribution is -0.121. The summed E-state index contributed by atoms with van der Waals surface area (Å²) in [4.78, 5) is 12.0. The number of rotatable bonds is 6. The quantitative estimate of drug-likeness (QED) is 0.699. The van der Waals surface area contributed by atoms with Crippen molar-refractivity contribution in [2.24, 2.45) is 0 Å². The van der Waals surface area contributed by atoms with Crippen LogP contribution in [0.2, 0.25) is 0 Å². The Bertz CT molecular complexity index is 950. The molecule has 1 aromatic carbocycles. The Kier molecular flexibility index (Phi) is 4.95. The lowest BCUT2D eigenvalue weighted by Gasteiger charge is -2.12. The second kappa shape index (κ2) is 7.69. The highest BCUT2D eigenvalue weighted by molar-refractivity contribution is 5.76. The van der Waals surface area contributed by atoms with Crippen molar-refractivity contribution < 1.29 is 9.18 Å². The van der Waals surface area contributed by atoms with E-state index in [1.54, 1.807) is 30.3 Å². The first-order chi connectivity index (χ1) is 13.2. The third kappa shape index (κ3) is 3.89. The summed E-state index contributed by atoms with van der Waals surface area (Å²) in [5.74, 6) is 0.585. The Labute approximate surface area is 156 Å². The number of anilines is 1. The van der Waals surface area contributed by atoms with E-state index in [4.69, 9.17) is 0 Å². The van der Waals surface area contributed by atoms with Gasteiger partial charge in [-0.1, -0.05) is 25.0 Å². The minimum atomic E-state index is -0.379. The Morgan fingerprint density at radius 1 is 1.15 bits per heavy atom. The number of nitrogens with zero attached hydrogens (tertiary/aromatic N) is 4. The monoisotopic (exact) mass is 368 g/mol. The zero-order chi connectivity index (χ0) is 18.6. The second-order valence-electron chi connectivity index (χ2n) is 6.72. The predicted octanol–water partition coefficient (Wildman–Crippen LogP) is 2.79. The van der Waals surface area contributed by atoms with E-state index in [2.05, 4.69) is 25.9 Å². The van der Waals surface area contributed by atoms with E-state index in [1.165, 1.54) is 23.4 Å². The van der Waals surface area contributed by atoms with Gasteiger partial charge in [0.05, 0.1) is 5.56 Å². The highest BCUT2D eigenvalue weighted by atomic mass is 19.1. The Balaban J connectivity index is 1.43. The fourth-order valence-electron chi connectivity index (χ4n) is 3.37. The summed E-state index contributed by atoms with van der Waals surface area (Å²) >= 11 is 0. The molecule has 0 bridgehead atoms. The van der Waals surface area contributed by atoms with Crippen LogP contribution in [0.4, 0.5) is 10.2 Å². The maximum atomic E-state index is 14.1. The number of nitrogens with one attached hydrogen (secondary N) is 2. The van der Waals surface area contributed by atoms with Gasteiger partial charge in [0.15, 0.2) is 11.5 Å². The van der Waals surface area contributed by atoms with E-state index in [0.717, 1.165) is 12.8 Å². The van der Waals surface area contributed by atoms with Crippen molar-refractivity contribution in [1.29, 1.82) is 0 Å². The molecule has 27 heavy (non-hydrogen) atoms. The minimum absolute atomic E-state index is 0.0480. The van der Waals surface area contributed by atoms with Crippen LogP contribution in [0.15, 0.2) is 36.4 Å². The SMILES string of the molecule is O=C(CCNc1ccc2nnc(-c3ccccc3F)n2n1)NC1CCCC1. The molecule has 2 N–H and O–H groups in total. The van der Waals surface area contributed by atoms with Gasteiger partial charge in [0.1, 0.15) is 11.6 Å². The average molecular weight is 368 g/mol. The third-order valence-electron chi connectivity index (χ3n) is 4.76. The summed E-state index contributed by atoms with van der Waals surface area (Å²) in [6, 6.07) is 10.2. The lowest BCUT2D eigenvalue weighted by Crippen LogP contribution is -2.33. The van der Waals surface area contributed by atoms with Crippen molar-refractivity contribution >= 4 is 17.4 Å². The third-order valence-corrected chi connectivity index (χ3v) is 4.76. The Hall–Kier alpha value is -3.03. The molecule has 7 nitrogen and oxygen atoms in total. The van der Waals surface area contributed by atoms with Crippen LogP contribution in [-0.4, -0.2) is 38.3 Å². The van der Waals surface area contributed by atoms with E-state index in [1.807, 2.05) is 0 Å². The molecule has 3 aromatic rings. The highest BCUT2D eigenvalue weighted by Crippen LogP contribution is 2.21. The van der Waals surface area contributed by atoms with Gasteiger partial charge in [-0.05, 0) is 37.1 Å². The zero-order valence-electron chi connectivity index (χ0n) is 14.9. The van der Waals surface area contributed by atoms with Gasteiger partial charge in [0.25, 0.3) is 0 Å². The fourth-order valence-corrected chi connectivity index (χ4v) is 3.37. The molecule has 1 aliphatic carbocycles. The summed E-state index contributed by atoms with van der Waals surface area (Å²) in [6.45, 7) is 0.466. The zero-order valence-corrected chi connectivity index (χ0v) is 14.9. The summed E-state index contributed by atoms with van der Waals surface area (Å²) < 4.78 is 15.6. The minimum Gasteiger partial charge on any atom is -0.368 e. The molecule has 140 valence electrons. The van der Waals surface area contributed by atoms with Gasteiger partial charge < -0.3 is 10.6 Å². The summed E-state index contributed by atoms with van der Waals surface area (Å²) in [5, 5.41) is 18.7. The molecule has 1 amide bonds. The van der Waals surface area contributed by atoms with Crippen LogP contribution in [0.1, 0.15) is 32.1 Å². The summed E-state index contributed by atoms with van der Waals surface area (Å²) in [5.41, 5.74) is 0.864. The first-order valence-electron chi connectivity index (χ1n) is 9.21. The number of fused-ring (bicyclic) bond motifs is 1. The van der Waals surface area contributed by atoms with Gasteiger partial charge in [0, 0.05) is 19.0 Å². The van der Waals surface area contributed by atoms with Crippen LogP contribution in [0.25, 0.3) is 17.0 Å². The molecular formula is C19H21FN6O. The van der Waals surface area contributed by atoms with E-state index < -0.39 is 0 Å². The molecule has 0 unspecified atom stereocenters. The number of halogens is 1. The van der Waals surface area contributed by atoms with Crippen molar-refractivity contribution in [2.75, 3.05) is 11.9 Å². The predicted molar refractivity (Wildman–Crippen MR) is 99.7 cm³/mol. The van der Waals surface area contributed by atoms with Crippen LogP contribution in [-0.2, 0) is 4.79 Å². The maximum absolute atomic E-state index is 14.1. The number of amides is 1. The molecule has 1 saturated carbocycles. The Morgan fingerprint density at radius 3 is 2.78 bits per heavy atom. The van der Waals surface area contributed by atoms with Gasteiger partial charge in [-0.2, -0.15) is 4.52 Å². The van der Waals surface area contributed by atoms with Crippen molar-refractivity contribution in [2.45, 2.75) is 38.1 Å². The van der Waals surface area contributed by atoms with Crippen LogP contribution < -0.4 is 10.6 Å². The molecule has 1 aliphatic rings. The topological polar surface area (TPSA) is 84.2 Å². The smallest absolute Gasteiger partial charge is 0.221 e. The van der Waals surface area contributed by atoms with E-state index in [0.29, 0.717) is 41.9 Å². The molecule has 4 rings (SSSR count). The molecule has 0 radical (unpaired) electrons. The molecule has 1 fully saturated rings. The number of benzene rings is 1. The maximum Gasteiger partial charge on any atom is 0.221 e. The molecule has 2 aromatic heterocycles. The van der Waals surface area contributed by atoms with Gasteiger partial charge in [-0.3, -0.25) is 4.79 Å². The van der Waals surface area contributed by atoms with E-state index >= 15 is 0 Å². The molecule has 0 saturated heterocycles. The summed E-state index contributed by atoms with van der Waals surface area (Å²) in [7, 11) is 0. The number of carbonyl (C=O) groups is 1. The molecule has 0 spiro atoms. The number of hydrogen-bond acceptors (Lipinski definition) is 5. The van der Waals surface area contributed by atoms with Crippen molar-refractivity contribution in [3.8, 4) is 11.4 Å². The lowest BCUT2D eigenvalue weighted by atomic mass is 10.2. The van der Waals surface area contributed by atoms with Gasteiger partial charge in [-0.25, -0.2) is 4.39 Å². The van der Waals surface area contributed by atoms with Gasteiger partial charge in [0.2, 0.25) is 5.91 Å². The van der Waals surface area contributed by atoms with Gasteiger partial charge >= 0.3 is 0 Å². The first-order valence-corrected chi connectivity index (χ1v) is 9.21. The molecular weight excluding hydrogens is 347 g/mol. The summed E-state index contributed by atoms with van der Waals surface area (Å²) in [6.07, 6.45) is 4.90. The molecule has 2 heterocycles. The van der Waals surface area contributed by atoms with Crippen molar-refractivity contribution in [1.82, 2.24) is 25.1 Å². The Morgan fingerprint density at radius 2 is 1.96 bits per heavy atom. The van der Waals surface area contributed by atoms with Crippen LogP contribution >= 0.6 is 0 Å². The normalized spacial score (nSPS) is 14.6. The highest BCUT2D eigenvalue weighted by Gasteiger charge is 2.17. The molecule has 0 aliphatic heterocycles. The number of carbonyl (C=O) groups excluding carboxylic acids is 1. The largest absolute Gasteiger partial charge is 0.368 e. The van der Waals surface area contributed by atoms with Crippen molar-refractivity contribution in [3.05, 3.63) is 42.2 Å². The van der Waals surface area contributed by atoms with Crippen LogP contribution in [0.3, 0.4) is 0 Å². The molecule has 8 heteroatoms. The number of hydrogen-bond donors (Lipinski definition) is 2. The van der Waals surface area contributed by atoms with E-state index in [-0.39, 0.29) is 11.7 Å². The standard InChI is InChI=1S/C19H21FN6O/c20-15-8-4-3-7-14(15)19-24-23-17-10-9-16(25-26(17)19)21-12-11-18(27)22-13-5-1-2-6-13/h3-4,7-10,13H,1-2,5-6,11-12H2,(H,21,25)(H,22,27). The van der Waals surface area contributed by atoms with Crippen molar-refractivity contribution in [3.63, 3.8) is 0 Å². The average Bonchev–Trinajstić information content (AvgIpc) is 3.32. The van der Waals surface area contributed by atoms with Crippen LogP contribution in [0, 0.1) is 5.82 Å². The van der Waals surface area contributed by atoms with Gasteiger partial charge in [-0.15, -0.1) is 15.3 Å². The fraction of sp³-hybridized carbons (Fsp3) is 0.368. The van der Waals surface area contributed by atoms with E-state index in [9.17, 15) is 9.18 Å².